The van der Waals surface area contributed by atoms with Crippen molar-refractivity contribution in [2.24, 2.45) is 17.8 Å². The lowest BCUT2D eigenvalue weighted by molar-refractivity contribution is 0.169. The fourth-order valence-electron chi connectivity index (χ4n) is 3.50. The molecule has 2 rings (SSSR count). The van der Waals surface area contributed by atoms with Crippen LogP contribution in [0.15, 0.2) is 0 Å². The number of hydrogen-bond donors (Lipinski definition) is 0. The highest BCUT2D eigenvalue weighted by Crippen LogP contribution is 2.41. The Morgan fingerprint density at radius 2 is 1.50 bits per heavy atom. The lowest BCUT2D eigenvalue weighted by atomic mass is 9.71. The molecule has 0 aromatic heterocycles. The molecule has 0 nitrogen and oxygen atoms in total. The van der Waals surface area contributed by atoms with Gasteiger partial charge in [0.1, 0.15) is 0 Å². The number of alkyl halides is 1. The molecule has 82 valence electrons. The van der Waals surface area contributed by atoms with Gasteiger partial charge in [0.05, 0.1) is 0 Å². The first-order valence-corrected chi connectivity index (χ1v) is 7.31. The maximum Gasteiger partial charge on any atom is 0.0148 e. The number of hydrogen-bond acceptors (Lipinski definition) is 0. The van der Waals surface area contributed by atoms with Crippen LogP contribution in [0.1, 0.15) is 58.3 Å². The summed E-state index contributed by atoms with van der Waals surface area (Å²) in [6, 6.07) is 0. The first-order chi connectivity index (χ1) is 6.75. The molecule has 0 aromatic rings. The van der Waals surface area contributed by atoms with E-state index in [1.165, 1.54) is 51.4 Å². The van der Waals surface area contributed by atoms with E-state index < -0.39 is 0 Å². The second-order valence-corrected chi connectivity index (χ2v) is 6.85. The average molecular weight is 259 g/mol. The van der Waals surface area contributed by atoms with Crippen molar-refractivity contribution >= 4 is 15.9 Å². The van der Waals surface area contributed by atoms with Crippen LogP contribution in [0, 0.1) is 17.8 Å². The first-order valence-electron chi connectivity index (χ1n) is 6.39. The molecule has 4 unspecified atom stereocenters. The van der Waals surface area contributed by atoms with Crippen molar-refractivity contribution < 1.29 is 0 Å². The van der Waals surface area contributed by atoms with E-state index in [2.05, 4.69) is 22.9 Å². The minimum absolute atomic E-state index is 0.832. The van der Waals surface area contributed by atoms with Gasteiger partial charge in [-0.1, -0.05) is 55.0 Å². The summed E-state index contributed by atoms with van der Waals surface area (Å²) in [4.78, 5) is 0.832. The molecule has 1 heteroatoms. The van der Waals surface area contributed by atoms with Crippen LogP contribution in [0.3, 0.4) is 0 Å². The molecule has 2 aliphatic carbocycles. The Morgan fingerprint density at radius 3 is 2.14 bits per heavy atom. The lowest BCUT2D eigenvalue weighted by Gasteiger charge is -2.36. The molecule has 14 heavy (non-hydrogen) atoms. The molecular formula is C13H23Br. The van der Waals surface area contributed by atoms with Crippen molar-refractivity contribution in [3.05, 3.63) is 0 Å². The second kappa shape index (κ2) is 5.01. The van der Waals surface area contributed by atoms with Gasteiger partial charge in [0.15, 0.2) is 0 Å². The minimum atomic E-state index is 0.832. The number of halogens is 1. The molecule has 0 radical (unpaired) electrons. The van der Waals surface area contributed by atoms with Crippen molar-refractivity contribution in [2.45, 2.75) is 63.1 Å². The second-order valence-electron chi connectivity index (χ2n) is 5.56. The van der Waals surface area contributed by atoms with Gasteiger partial charge >= 0.3 is 0 Å². The molecule has 0 amide bonds. The maximum atomic E-state index is 3.81. The molecule has 2 aliphatic rings. The fraction of sp³-hybridized carbons (Fsp3) is 1.00. The summed E-state index contributed by atoms with van der Waals surface area (Å²) in [6.45, 7) is 2.45. The fourth-order valence-corrected chi connectivity index (χ4v) is 4.31. The van der Waals surface area contributed by atoms with Gasteiger partial charge in [-0.2, -0.15) is 0 Å². The predicted octanol–water partition coefficient (Wildman–Crippen LogP) is 4.77. The van der Waals surface area contributed by atoms with E-state index in [9.17, 15) is 0 Å². The zero-order valence-corrected chi connectivity index (χ0v) is 10.9. The molecule has 0 N–H and O–H groups in total. The van der Waals surface area contributed by atoms with Crippen molar-refractivity contribution in [1.82, 2.24) is 0 Å². The smallest absolute Gasteiger partial charge is 0.0148 e. The Balaban J connectivity index is 1.86. The van der Waals surface area contributed by atoms with Crippen LogP contribution in [0.4, 0.5) is 0 Å². The summed E-state index contributed by atoms with van der Waals surface area (Å²) in [5.74, 6) is 3.12. The van der Waals surface area contributed by atoms with Gasteiger partial charge in [0.25, 0.3) is 0 Å². The zero-order valence-electron chi connectivity index (χ0n) is 9.34. The van der Waals surface area contributed by atoms with E-state index in [1.807, 2.05) is 0 Å². The van der Waals surface area contributed by atoms with E-state index in [1.54, 1.807) is 0 Å². The van der Waals surface area contributed by atoms with Crippen molar-refractivity contribution in [1.29, 1.82) is 0 Å². The van der Waals surface area contributed by atoms with Crippen LogP contribution in [0.2, 0.25) is 0 Å². The van der Waals surface area contributed by atoms with E-state index in [0.717, 1.165) is 22.6 Å². The summed E-state index contributed by atoms with van der Waals surface area (Å²) in [5, 5.41) is 0. The third-order valence-electron chi connectivity index (χ3n) is 4.29. The molecule has 0 saturated heterocycles. The molecule has 2 fully saturated rings. The third kappa shape index (κ3) is 2.74. The molecule has 0 spiro atoms. The molecule has 2 saturated carbocycles. The Kier molecular flexibility index (Phi) is 3.93. The number of rotatable bonds is 1. The summed E-state index contributed by atoms with van der Waals surface area (Å²) in [5.41, 5.74) is 0. The van der Waals surface area contributed by atoms with Gasteiger partial charge in [-0.05, 0) is 37.0 Å². The topological polar surface area (TPSA) is 0 Å². The molecule has 4 atom stereocenters. The van der Waals surface area contributed by atoms with Gasteiger partial charge in [-0.3, -0.25) is 0 Å². The van der Waals surface area contributed by atoms with Gasteiger partial charge in [-0.25, -0.2) is 0 Å². The van der Waals surface area contributed by atoms with Crippen molar-refractivity contribution in [3.63, 3.8) is 0 Å². The highest BCUT2D eigenvalue weighted by molar-refractivity contribution is 9.09. The third-order valence-corrected chi connectivity index (χ3v) is 5.13. The summed E-state index contributed by atoms with van der Waals surface area (Å²) in [6.07, 6.45) is 11.9. The van der Waals surface area contributed by atoms with Crippen LogP contribution in [0.25, 0.3) is 0 Å². The van der Waals surface area contributed by atoms with E-state index in [0.29, 0.717) is 0 Å². The van der Waals surface area contributed by atoms with E-state index in [4.69, 9.17) is 0 Å². The molecular weight excluding hydrogens is 236 g/mol. The monoisotopic (exact) mass is 258 g/mol. The summed E-state index contributed by atoms with van der Waals surface area (Å²) < 4.78 is 0. The Hall–Kier alpha value is 0.480. The van der Waals surface area contributed by atoms with Crippen molar-refractivity contribution in [3.8, 4) is 0 Å². The Bertz CT molecular complexity index is 158. The molecule has 0 aromatic carbocycles. The zero-order chi connectivity index (χ0) is 9.97. The van der Waals surface area contributed by atoms with Gasteiger partial charge < -0.3 is 0 Å². The summed E-state index contributed by atoms with van der Waals surface area (Å²) in [7, 11) is 0. The van der Waals surface area contributed by atoms with Gasteiger partial charge in [0.2, 0.25) is 0 Å². The van der Waals surface area contributed by atoms with Crippen LogP contribution < -0.4 is 0 Å². The summed E-state index contributed by atoms with van der Waals surface area (Å²) >= 11 is 3.81. The molecule has 0 bridgehead atoms. The average Bonchev–Trinajstić information content (AvgIpc) is 2.18. The largest absolute Gasteiger partial charge is 0.0891 e. The van der Waals surface area contributed by atoms with Gasteiger partial charge in [0, 0.05) is 4.83 Å². The Morgan fingerprint density at radius 1 is 0.857 bits per heavy atom. The molecule has 0 aliphatic heterocycles. The van der Waals surface area contributed by atoms with Crippen LogP contribution in [0.5, 0.6) is 0 Å². The quantitative estimate of drug-likeness (QED) is 0.595. The van der Waals surface area contributed by atoms with E-state index >= 15 is 0 Å². The predicted molar refractivity (Wildman–Crippen MR) is 65.8 cm³/mol. The minimum Gasteiger partial charge on any atom is -0.0891 e. The SMILES string of the molecule is CC1CCCC(C2CCCC(Br)C2)C1. The maximum absolute atomic E-state index is 3.81. The van der Waals surface area contributed by atoms with Crippen molar-refractivity contribution in [2.75, 3.05) is 0 Å². The van der Waals surface area contributed by atoms with Crippen LogP contribution >= 0.6 is 15.9 Å². The molecule has 0 heterocycles. The lowest BCUT2D eigenvalue weighted by Crippen LogP contribution is -2.26. The standard InChI is InChI=1S/C13H23Br/c1-10-4-2-5-11(8-10)12-6-3-7-13(14)9-12/h10-13H,2-9H2,1H3. The Labute approximate surface area is 97.0 Å². The first kappa shape index (κ1) is 11.0. The van der Waals surface area contributed by atoms with Crippen LogP contribution in [-0.4, -0.2) is 4.83 Å². The van der Waals surface area contributed by atoms with E-state index in [-0.39, 0.29) is 0 Å². The highest BCUT2D eigenvalue weighted by Gasteiger charge is 2.30. The highest BCUT2D eigenvalue weighted by atomic mass is 79.9. The van der Waals surface area contributed by atoms with Crippen LogP contribution in [-0.2, 0) is 0 Å². The van der Waals surface area contributed by atoms with Gasteiger partial charge in [-0.15, -0.1) is 0 Å². The normalized spacial score (nSPS) is 45.0.